The van der Waals surface area contributed by atoms with Crippen LogP contribution < -0.4 is 0 Å². The van der Waals surface area contributed by atoms with Crippen LogP contribution in [0.2, 0.25) is 0 Å². The van der Waals surface area contributed by atoms with Crippen molar-refractivity contribution in [2.75, 3.05) is 19.8 Å². The molecule has 0 radical (unpaired) electrons. The molecule has 1 atom stereocenters. The SMILES string of the molecule is CCOP(=O)(OCC)N1CCCCC1C. The van der Waals surface area contributed by atoms with Gasteiger partial charge in [0.25, 0.3) is 0 Å². The molecule has 1 rings (SSSR count). The van der Waals surface area contributed by atoms with Gasteiger partial charge in [-0.05, 0) is 33.6 Å². The minimum absolute atomic E-state index is 0.294. The predicted octanol–water partition coefficient (Wildman–Crippen LogP) is 3.04. The van der Waals surface area contributed by atoms with E-state index in [0.717, 1.165) is 19.4 Å². The Morgan fingerprint density at radius 3 is 2.33 bits per heavy atom. The smallest absolute Gasteiger partial charge is 0.297 e. The fraction of sp³-hybridized carbons (Fsp3) is 1.00. The molecule has 0 N–H and O–H groups in total. The van der Waals surface area contributed by atoms with E-state index >= 15 is 0 Å². The fourth-order valence-electron chi connectivity index (χ4n) is 1.96. The molecule has 0 aromatic carbocycles. The molecule has 15 heavy (non-hydrogen) atoms. The first kappa shape index (κ1) is 13.2. The van der Waals surface area contributed by atoms with Gasteiger partial charge in [-0.15, -0.1) is 0 Å². The van der Waals surface area contributed by atoms with E-state index in [0.29, 0.717) is 19.3 Å². The van der Waals surface area contributed by atoms with Crippen LogP contribution in [0.3, 0.4) is 0 Å². The molecule has 4 nitrogen and oxygen atoms in total. The highest BCUT2D eigenvalue weighted by atomic mass is 31.2. The van der Waals surface area contributed by atoms with Gasteiger partial charge in [-0.25, -0.2) is 9.24 Å². The van der Waals surface area contributed by atoms with Crippen molar-refractivity contribution in [1.82, 2.24) is 4.67 Å². The maximum absolute atomic E-state index is 12.5. The lowest BCUT2D eigenvalue weighted by Gasteiger charge is -2.37. The van der Waals surface area contributed by atoms with Crippen molar-refractivity contribution in [2.24, 2.45) is 0 Å². The average molecular weight is 235 g/mol. The summed E-state index contributed by atoms with van der Waals surface area (Å²) in [5.74, 6) is 0. The van der Waals surface area contributed by atoms with E-state index in [1.807, 2.05) is 18.5 Å². The Labute approximate surface area is 92.5 Å². The van der Waals surface area contributed by atoms with Crippen molar-refractivity contribution in [2.45, 2.75) is 46.1 Å². The highest BCUT2D eigenvalue weighted by Gasteiger charge is 2.37. The maximum Gasteiger partial charge on any atom is 0.408 e. The zero-order valence-electron chi connectivity index (χ0n) is 9.94. The molecular weight excluding hydrogens is 213 g/mol. The molecule has 1 fully saturated rings. The van der Waals surface area contributed by atoms with Crippen LogP contribution in [0.25, 0.3) is 0 Å². The zero-order chi connectivity index (χ0) is 11.3. The van der Waals surface area contributed by atoms with Crippen molar-refractivity contribution < 1.29 is 13.6 Å². The van der Waals surface area contributed by atoms with Crippen molar-refractivity contribution >= 4 is 7.75 Å². The lowest BCUT2D eigenvalue weighted by Crippen LogP contribution is -2.36. The third-order valence-electron chi connectivity index (χ3n) is 2.67. The van der Waals surface area contributed by atoms with Gasteiger partial charge in [-0.2, -0.15) is 0 Å². The van der Waals surface area contributed by atoms with Gasteiger partial charge in [0.05, 0.1) is 13.2 Å². The Bertz CT molecular complexity index is 225. The minimum Gasteiger partial charge on any atom is -0.297 e. The summed E-state index contributed by atoms with van der Waals surface area (Å²) in [5, 5.41) is 0. The summed E-state index contributed by atoms with van der Waals surface area (Å²) in [6.45, 7) is 7.46. The van der Waals surface area contributed by atoms with E-state index in [1.165, 1.54) is 6.42 Å². The van der Waals surface area contributed by atoms with Gasteiger partial charge < -0.3 is 0 Å². The maximum atomic E-state index is 12.5. The Hall–Kier alpha value is 0.110. The normalized spacial score (nSPS) is 24.3. The van der Waals surface area contributed by atoms with Crippen LogP contribution in [-0.4, -0.2) is 30.5 Å². The Morgan fingerprint density at radius 2 is 1.87 bits per heavy atom. The Balaban J connectivity index is 2.72. The Kier molecular flexibility index (Phi) is 5.27. The molecule has 0 bridgehead atoms. The first-order valence-corrected chi connectivity index (χ1v) is 7.29. The number of piperidine rings is 1. The average Bonchev–Trinajstić information content (AvgIpc) is 2.19. The van der Waals surface area contributed by atoms with E-state index in [2.05, 4.69) is 6.92 Å². The number of hydrogen-bond acceptors (Lipinski definition) is 3. The van der Waals surface area contributed by atoms with Crippen LogP contribution in [0.5, 0.6) is 0 Å². The molecule has 1 aliphatic rings. The van der Waals surface area contributed by atoms with Crippen LogP contribution in [0, 0.1) is 0 Å². The highest BCUT2D eigenvalue weighted by Crippen LogP contribution is 2.54. The Morgan fingerprint density at radius 1 is 1.27 bits per heavy atom. The number of hydrogen-bond donors (Lipinski definition) is 0. The molecule has 90 valence electrons. The van der Waals surface area contributed by atoms with Crippen LogP contribution >= 0.6 is 7.75 Å². The molecule has 1 aliphatic heterocycles. The molecule has 0 aromatic rings. The standard InChI is InChI=1S/C10H22NO3P/c1-4-13-15(12,14-5-2)11-9-7-6-8-10(11)3/h10H,4-9H2,1-3H3. The lowest BCUT2D eigenvalue weighted by molar-refractivity contribution is 0.135. The second-order valence-electron chi connectivity index (χ2n) is 3.81. The third kappa shape index (κ3) is 3.28. The second-order valence-corrected chi connectivity index (χ2v) is 5.78. The summed E-state index contributed by atoms with van der Waals surface area (Å²) >= 11 is 0. The van der Waals surface area contributed by atoms with Crippen LogP contribution in [-0.2, 0) is 13.6 Å². The fourth-order valence-corrected chi connectivity index (χ4v) is 3.97. The summed E-state index contributed by atoms with van der Waals surface area (Å²) in [6, 6.07) is 0.294. The van der Waals surface area contributed by atoms with E-state index in [4.69, 9.17) is 9.05 Å². The molecule has 1 saturated heterocycles. The third-order valence-corrected chi connectivity index (χ3v) is 5.06. The lowest BCUT2D eigenvalue weighted by atomic mass is 10.1. The topological polar surface area (TPSA) is 38.8 Å². The minimum atomic E-state index is -3.02. The van der Waals surface area contributed by atoms with Gasteiger partial charge in [0.1, 0.15) is 0 Å². The predicted molar refractivity (Wildman–Crippen MR) is 60.9 cm³/mol. The van der Waals surface area contributed by atoms with Crippen molar-refractivity contribution in [3.8, 4) is 0 Å². The van der Waals surface area contributed by atoms with Gasteiger partial charge in [-0.3, -0.25) is 9.05 Å². The number of rotatable bonds is 5. The first-order chi connectivity index (χ1) is 7.14. The molecule has 0 aliphatic carbocycles. The molecule has 0 saturated carbocycles. The largest absolute Gasteiger partial charge is 0.408 e. The van der Waals surface area contributed by atoms with Crippen molar-refractivity contribution in [1.29, 1.82) is 0 Å². The monoisotopic (exact) mass is 235 g/mol. The highest BCUT2D eigenvalue weighted by molar-refractivity contribution is 7.51. The van der Waals surface area contributed by atoms with Crippen molar-refractivity contribution in [3.63, 3.8) is 0 Å². The molecule has 1 heterocycles. The molecule has 0 aromatic heterocycles. The quantitative estimate of drug-likeness (QED) is 0.686. The summed E-state index contributed by atoms with van der Waals surface area (Å²) in [7, 11) is -3.02. The molecule has 1 unspecified atom stereocenters. The van der Waals surface area contributed by atoms with Gasteiger partial charge in [0.2, 0.25) is 0 Å². The number of nitrogens with zero attached hydrogens (tertiary/aromatic N) is 1. The molecule has 0 amide bonds. The first-order valence-electron chi connectivity index (χ1n) is 5.80. The summed E-state index contributed by atoms with van der Waals surface area (Å²) in [4.78, 5) is 0. The van der Waals surface area contributed by atoms with Crippen LogP contribution in [0.15, 0.2) is 0 Å². The summed E-state index contributed by atoms with van der Waals surface area (Å²) < 4.78 is 25.0. The van der Waals surface area contributed by atoms with Crippen LogP contribution in [0.4, 0.5) is 0 Å². The van der Waals surface area contributed by atoms with E-state index in [1.54, 1.807) is 0 Å². The summed E-state index contributed by atoms with van der Waals surface area (Å²) in [6.07, 6.45) is 3.36. The second kappa shape index (κ2) is 6.00. The van der Waals surface area contributed by atoms with Crippen molar-refractivity contribution in [3.05, 3.63) is 0 Å². The van der Waals surface area contributed by atoms with Gasteiger partial charge in [0, 0.05) is 12.6 Å². The van der Waals surface area contributed by atoms with Crippen LogP contribution in [0.1, 0.15) is 40.0 Å². The molecular formula is C10H22NO3P. The van der Waals surface area contributed by atoms with E-state index in [9.17, 15) is 4.57 Å². The zero-order valence-corrected chi connectivity index (χ0v) is 10.8. The van der Waals surface area contributed by atoms with E-state index < -0.39 is 7.75 Å². The van der Waals surface area contributed by atoms with E-state index in [-0.39, 0.29) is 0 Å². The van der Waals surface area contributed by atoms with Gasteiger partial charge >= 0.3 is 7.75 Å². The van der Waals surface area contributed by atoms with Gasteiger partial charge in [0.15, 0.2) is 0 Å². The van der Waals surface area contributed by atoms with Gasteiger partial charge in [-0.1, -0.05) is 6.42 Å². The summed E-state index contributed by atoms with van der Waals surface area (Å²) in [5.41, 5.74) is 0. The molecule has 5 heteroatoms. The molecule has 0 spiro atoms.